The molecule has 110 valence electrons. The summed E-state index contributed by atoms with van der Waals surface area (Å²) in [4.78, 5) is 38.0. The van der Waals surface area contributed by atoms with Crippen LogP contribution in [0.25, 0.3) is 0 Å². The summed E-state index contributed by atoms with van der Waals surface area (Å²) in [6, 6.07) is 0. The Kier molecular flexibility index (Phi) is 4.67. The van der Waals surface area contributed by atoms with Crippen molar-refractivity contribution in [3.05, 3.63) is 0 Å². The summed E-state index contributed by atoms with van der Waals surface area (Å²) in [5.74, 6) is -0.573. The Hall–Kier alpha value is -1.96. The van der Waals surface area contributed by atoms with Gasteiger partial charge in [0.25, 0.3) is 5.91 Å². The third-order valence-electron chi connectivity index (χ3n) is 3.39. The van der Waals surface area contributed by atoms with Crippen LogP contribution in [0.15, 0.2) is 5.10 Å². The number of carbonyl (C=O) groups is 3. The first-order valence-electron chi connectivity index (χ1n) is 6.54. The molecule has 20 heavy (non-hydrogen) atoms. The topological polar surface area (TPSA) is 91.3 Å². The lowest BCUT2D eigenvalue weighted by Crippen LogP contribution is -2.52. The molecule has 0 aromatic heterocycles. The molecule has 0 spiro atoms. The average molecular weight is 282 g/mol. The molecule has 2 aliphatic rings. The van der Waals surface area contributed by atoms with Gasteiger partial charge in [0.15, 0.2) is 0 Å². The van der Waals surface area contributed by atoms with Crippen LogP contribution in [0.3, 0.4) is 0 Å². The van der Waals surface area contributed by atoms with Crippen LogP contribution in [0.4, 0.5) is 0 Å². The van der Waals surface area contributed by atoms with Gasteiger partial charge in [-0.25, -0.2) is 5.43 Å². The Morgan fingerprint density at radius 3 is 2.50 bits per heavy atom. The van der Waals surface area contributed by atoms with Crippen LogP contribution in [0.1, 0.15) is 12.8 Å². The zero-order chi connectivity index (χ0) is 14.5. The molecule has 2 aliphatic heterocycles. The van der Waals surface area contributed by atoms with Gasteiger partial charge in [0.1, 0.15) is 5.71 Å². The molecule has 0 aromatic carbocycles. The Labute approximate surface area is 116 Å². The standard InChI is InChI=1S/C12H18N4O4/c1-20-11(18)8-15-4-6-16(7-5-15)12(19)9-2-3-10(17)14-13-9/h2-8H2,1H3,(H,14,17). The predicted octanol–water partition coefficient (Wildman–Crippen LogP) is -1.43. The Morgan fingerprint density at radius 2 is 1.95 bits per heavy atom. The van der Waals surface area contributed by atoms with Gasteiger partial charge in [0.2, 0.25) is 5.91 Å². The number of esters is 1. The first-order valence-corrected chi connectivity index (χ1v) is 6.54. The van der Waals surface area contributed by atoms with E-state index in [1.54, 1.807) is 4.90 Å². The molecule has 0 unspecified atom stereocenters. The van der Waals surface area contributed by atoms with Crippen molar-refractivity contribution in [3.8, 4) is 0 Å². The van der Waals surface area contributed by atoms with Crippen LogP contribution in [0.5, 0.6) is 0 Å². The van der Waals surface area contributed by atoms with E-state index in [1.165, 1.54) is 7.11 Å². The van der Waals surface area contributed by atoms with E-state index < -0.39 is 0 Å². The molecule has 1 N–H and O–H groups in total. The number of amides is 2. The molecule has 0 saturated carbocycles. The van der Waals surface area contributed by atoms with Gasteiger partial charge in [-0.1, -0.05) is 0 Å². The first kappa shape index (κ1) is 14.4. The highest BCUT2D eigenvalue weighted by atomic mass is 16.5. The van der Waals surface area contributed by atoms with Gasteiger partial charge in [-0.15, -0.1) is 0 Å². The zero-order valence-electron chi connectivity index (χ0n) is 11.4. The minimum Gasteiger partial charge on any atom is -0.468 e. The minimum atomic E-state index is -0.274. The fraction of sp³-hybridized carbons (Fsp3) is 0.667. The highest BCUT2D eigenvalue weighted by Gasteiger charge is 2.27. The zero-order valence-corrected chi connectivity index (χ0v) is 11.4. The van der Waals surface area contributed by atoms with Gasteiger partial charge < -0.3 is 9.64 Å². The number of ether oxygens (including phenoxy) is 1. The van der Waals surface area contributed by atoms with E-state index in [-0.39, 0.29) is 24.3 Å². The van der Waals surface area contributed by atoms with Crippen molar-refractivity contribution in [1.82, 2.24) is 15.2 Å². The summed E-state index contributed by atoms with van der Waals surface area (Å²) in [5, 5.41) is 3.80. The van der Waals surface area contributed by atoms with Gasteiger partial charge >= 0.3 is 5.97 Å². The monoisotopic (exact) mass is 282 g/mol. The summed E-state index contributed by atoms with van der Waals surface area (Å²) in [6.45, 7) is 2.59. The highest BCUT2D eigenvalue weighted by Crippen LogP contribution is 2.07. The lowest BCUT2D eigenvalue weighted by molar-refractivity contribution is -0.142. The van der Waals surface area contributed by atoms with Crippen LogP contribution >= 0.6 is 0 Å². The smallest absolute Gasteiger partial charge is 0.319 e. The second-order valence-electron chi connectivity index (χ2n) is 4.74. The van der Waals surface area contributed by atoms with Crippen molar-refractivity contribution < 1.29 is 19.1 Å². The maximum absolute atomic E-state index is 12.2. The summed E-state index contributed by atoms with van der Waals surface area (Å²) < 4.78 is 4.61. The van der Waals surface area contributed by atoms with Crippen molar-refractivity contribution in [2.45, 2.75) is 12.8 Å². The van der Waals surface area contributed by atoms with Gasteiger partial charge in [-0.3, -0.25) is 19.3 Å². The molecular formula is C12H18N4O4. The molecule has 8 nitrogen and oxygen atoms in total. The molecule has 0 radical (unpaired) electrons. The lowest BCUT2D eigenvalue weighted by atomic mass is 10.1. The Morgan fingerprint density at radius 1 is 1.25 bits per heavy atom. The van der Waals surface area contributed by atoms with Gasteiger partial charge in [0, 0.05) is 39.0 Å². The molecule has 2 amide bonds. The summed E-state index contributed by atoms with van der Waals surface area (Å²) >= 11 is 0. The molecule has 2 heterocycles. The molecule has 0 aliphatic carbocycles. The van der Waals surface area contributed by atoms with Crippen molar-refractivity contribution >= 4 is 23.5 Å². The number of nitrogens with zero attached hydrogens (tertiary/aromatic N) is 3. The molecule has 1 fully saturated rings. The fourth-order valence-corrected chi connectivity index (χ4v) is 2.17. The molecule has 2 rings (SSSR count). The van der Waals surface area contributed by atoms with Crippen molar-refractivity contribution in [1.29, 1.82) is 0 Å². The number of rotatable bonds is 3. The van der Waals surface area contributed by atoms with E-state index in [4.69, 9.17) is 0 Å². The lowest BCUT2D eigenvalue weighted by Gasteiger charge is -2.34. The van der Waals surface area contributed by atoms with E-state index in [9.17, 15) is 14.4 Å². The van der Waals surface area contributed by atoms with Crippen molar-refractivity contribution in [3.63, 3.8) is 0 Å². The third kappa shape index (κ3) is 3.53. The maximum Gasteiger partial charge on any atom is 0.319 e. The highest BCUT2D eigenvalue weighted by molar-refractivity contribution is 6.39. The van der Waals surface area contributed by atoms with E-state index in [1.807, 2.05) is 4.90 Å². The first-order chi connectivity index (χ1) is 9.60. The molecule has 0 bridgehead atoms. The number of hydrazone groups is 1. The largest absolute Gasteiger partial charge is 0.468 e. The number of methoxy groups -OCH3 is 1. The van der Waals surface area contributed by atoms with Gasteiger partial charge in [-0.05, 0) is 0 Å². The van der Waals surface area contributed by atoms with Crippen LogP contribution in [0.2, 0.25) is 0 Å². The quantitative estimate of drug-likeness (QED) is 0.641. The molecule has 0 atom stereocenters. The summed E-state index contributed by atoms with van der Waals surface area (Å²) in [7, 11) is 1.36. The Bertz CT molecular complexity index is 441. The van der Waals surface area contributed by atoms with Crippen LogP contribution in [0, 0.1) is 0 Å². The average Bonchev–Trinajstić information content (AvgIpc) is 2.48. The van der Waals surface area contributed by atoms with Crippen LogP contribution in [-0.4, -0.2) is 73.1 Å². The van der Waals surface area contributed by atoms with Gasteiger partial charge in [-0.2, -0.15) is 5.10 Å². The second-order valence-corrected chi connectivity index (χ2v) is 4.74. The number of hydrogen-bond acceptors (Lipinski definition) is 6. The van der Waals surface area contributed by atoms with Crippen molar-refractivity contribution in [2.24, 2.45) is 5.10 Å². The SMILES string of the molecule is COC(=O)CN1CCN(C(=O)C2=NNC(=O)CC2)CC1. The predicted molar refractivity (Wildman–Crippen MR) is 69.8 cm³/mol. The normalized spacial score (nSPS) is 20.1. The molecule has 8 heteroatoms. The molecule has 0 aromatic rings. The van der Waals surface area contributed by atoms with E-state index >= 15 is 0 Å². The van der Waals surface area contributed by atoms with E-state index in [2.05, 4.69) is 15.3 Å². The fourth-order valence-electron chi connectivity index (χ4n) is 2.17. The van der Waals surface area contributed by atoms with Crippen molar-refractivity contribution in [2.75, 3.05) is 39.8 Å². The molecule has 1 saturated heterocycles. The minimum absolute atomic E-state index is 0.136. The summed E-state index contributed by atoms with van der Waals surface area (Å²) in [6.07, 6.45) is 0.680. The number of carbonyl (C=O) groups excluding carboxylic acids is 3. The summed E-state index contributed by atoms with van der Waals surface area (Å²) in [5.41, 5.74) is 2.72. The third-order valence-corrected chi connectivity index (χ3v) is 3.39. The number of piperazine rings is 1. The van der Waals surface area contributed by atoms with Crippen LogP contribution in [-0.2, 0) is 19.1 Å². The van der Waals surface area contributed by atoms with E-state index in [0.29, 0.717) is 44.7 Å². The second kappa shape index (κ2) is 6.47. The van der Waals surface area contributed by atoms with Crippen LogP contribution < -0.4 is 5.43 Å². The number of nitrogens with one attached hydrogen (secondary N) is 1. The van der Waals surface area contributed by atoms with E-state index in [0.717, 1.165) is 0 Å². The maximum atomic E-state index is 12.2. The van der Waals surface area contributed by atoms with Gasteiger partial charge in [0.05, 0.1) is 13.7 Å². The molecular weight excluding hydrogens is 264 g/mol. The Balaban J connectivity index is 1.83. The number of hydrogen-bond donors (Lipinski definition) is 1.